The molecule has 6 aromatic rings. The third-order valence-electron chi connectivity index (χ3n) is 11.2. The summed E-state index contributed by atoms with van der Waals surface area (Å²) < 4.78 is 34.8. The lowest BCUT2D eigenvalue weighted by molar-refractivity contribution is 0.0721. The molecule has 1 aromatic heterocycles. The standard InChI is InChI=1S/C56H62O10S/c1-3-5-7-9-11-13-15-17-38-61-45-28-22-41(23-29-45)53(57)63-47-30-26-43(27-31-47)55(59)66-50-21-19-20-44-40-51(67-52(44)50)56(60)65-48-32-24-42(25-33-48)54(58)64-49-36-34-46(35-37-49)62-39-18-16-14-12-10-8-6-4-2/h19-37,40H,3-18,38-39H2,1-2H3. The second kappa shape index (κ2) is 27.2. The van der Waals surface area contributed by atoms with E-state index in [9.17, 15) is 19.2 Å². The Balaban J connectivity index is 0.924. The number of benzene rings is 5. The van der Waals surface area contributed by atoms with Gasteiger partial charge < -0.3 is 28.4 Å². The van der Waals surface area contributed by atoms with Crippen LogP contribution in [0.1, 0.15) is 157 Å². The monoisotopic (exact) mass is 926 g/mol. The number of hydrogen-bond acceptors (Lipinski definition) is 11. The molecule has 0 bridgehead atoms. The summed E-state index contributed by atoms with van der Waals surface area (Å²) in [6, 6.07) is 32.8. The molecule has 0 saturated carbocycles. The van der Waals surface area contributed by atoms with Gasteiger partial charge in [-0.1, -0.05) is 116 Å². The Morgan fingerprint density at radius 3 is 1.19 bits per heavy atom. The van der Waals surface area contributed by atoms with Crippen LogP contribution in [-0.4, -0.2) is 37.1 Å². The molecular weight excluding hydrogens is 865 g/mol. The summed E-state index contributed by atoms with van der Waals surface area (Å²) in [4.78, 5) is 52.4. The maximum atomic E-state index is 13.2. The fourth-order valence-corrected chi connectivity index (χ4v) is 8.31. The molecular formula is C56H62O10S. The fourth-order valence-electron chi connectivity index (χ4n) is 7.33. The Morgan fingerprint density at radius 1 is 0.388 bits per heavy atom. The third kappa shape index (κ3) is 16.4. The second-order valence-electron chi connectivity index (χ2n) is 16.5. The number of carbonyl (C=O) groups excluding carboxylic acids is 4. The lowest BCUT2D eigenvalue weighted by Crippen LogP contribution is -2.10. The van der Waals surface area contributed by atoms with Crippen LogP contribution in [0.15, 0.2) is 121 Å². The molecule has 0 amide bonds. The Bertz CT molecular complexity index is 2460. The van der Waals surface area contributed by atoms with Gasteiger partial charge in [0.2, 0.25) is 0 Å². The molecule has 11 heteroatoms. The summed E-state index contributed by atoms with van der Waals surface area (Å²) in [5.41, 5.74) is 0.901. The number of thiophene rings is 1. The minimum atomic E-state index is -0.626. The van der Waals surface area contributed by atoms with Crippen molar-refractivity contribution in [3.8, 4) is 34.5 Å². The lowest BCUT2D eigenvalue weighted by Gasteiger charge is -2.09. The molecule has 10 nitrogen and oxygen atoms in total. The van der Waals surface area contributed by atoms with E-state index >= 15 is 0 Å². The molecule has 0 unspecified atom stereocenters. The number of hydrogen-bond donors (Lipinski definition) is 0. The number of fused-ring (bicyclic) bond motifs is 1. The number of esters is 4. The van der Waals surface area contributed by atoms with E-state index in [2.05, 4.69) is 13.8 Å². The quantitative estimate of drug-likeness (QED) is 0.0267. The molecule has 67 heavy (non-hydrogen) atoms. The average Bonchev–Trinajstić information content (AvgIpc) is 3.80. The average molecular weight is 927 g/mol. The maximum absolute atomic E-state index is 13.2. The van der Waals surface area contributed by atoms with Gasteiger partial charge in [0.25, 0.3) is 0 Å². The molecule has 0 radical (unpaired) electrons. The van der Waals surface area contributed by atoms with Crippen LogP contribution in [0.4, 0.5) is 0 Å². The number of ether oxygens (including phenoxy) is 6. The van der Waals surface area contributed by atoms with E-state index in [0.717, 1.165) is 42.8 Å². The van der Waals surface area contributed by atoms with Gasteiger partial charge in [-0.2, -0.15) is 0 Å². The third-order valence-corrected chi connectivity index (χ3v) is 12.3. The highest BCUT2D eigenvalue weighted by atomic mass is 32.1. The van der Waals surface area contributed by atoms with Crippen LogP contribution in [0.3, 0.4) is 0 Å². The van der Waals surface area contributed by atoms with Crippen molar-refractivity contribution in [1.82, 2.24) is 0 Å². The van der Waals surface area contributed by atoms with E-state index < -0.39 is 23.9 Å². The molecule has 0 aliphatic carbocycles. The number of carbonyl (C=O) groups is 4. The predicted octanol–water partition coefficient (Wildman–Crippen LogP) is 14.8. The van der Waals surface area contributed by atoms with Crippen molar-refractivity contribution in [2.24, 2.45) is 0 Å². The summed E-state index contributed by atoms with van der Waals surface area (Å²) in [5.74, 6) is 0.276. The van der Waals surface area contributed by atoms with Crippen LogP contribution in [0.5, 0.6) is 34.5 Å². The zero-order valence-corrected chi connectivity index (χ0v) is 39.6. The van der Waals surface area contributed by atoms with E-state index in [1.807, 2.05) is 0 Å². The molecule has 0 fully saturated rings. The van der Waals surface area contributed by atoms with Gasteiger partial charge in [0.05, 0.1) is 34.6 Å². The van der Waals surface area contributed by atoms with Crippen LogP contribution in [0.2, 0.25) is 0 Å². The van der Waals surface area contributed by atoms with Crippen LogP contribution < -0.4 is 28.4 Å². The van der Waals surface area contributed by atoms with E-state index in [1.54, 1.807) is 72.8 Å². The van der Waals surface area contributed by atoms with Gasteiger partial charge in [-0.15, -0.1) is 11.3 Å². The zero-order valence-electron chi connectivity index (χ0n) is 38.8. The predicted molar refractivity (Wildman–Crippen MR) is 264 cm³/mol. The van der Waals surface area contributed by atoms with Crippen molar-refractivity contribution in [2.75, 3.05) is 13.2 Å². The molecule has 6 rings (SSSR count). The molecule has 0 N–H and O–H groups in total. The van der Waals surface area contributed by atoms with Crippen molar-refractivity contribution in [1.29, 1.82) is 0 Å². The van der Waals surface area contributed by atoms with Crippen molar-refractivity contribution < 1.29 is 47.6 Å². The minimum Gasteiger partial charge on any atom is -0.494 e. The Kier molecular flexibility index (Phi) is 20.3. The summed E-state index contributed by atoms with van der Waals surface area (Å²) in [7, 11) is 0. The van der Waals surface area contributed by atoms with Gasteiger partial charge in [-0.25, -0.2) is 19.2 Å². The molecule has 0 aliphatic rings. The van der Waals surface area contributed by atoms with E-state index in [0.29, 0.717) is 45.2 Å². The highest BCUT2D eigenvalue weighted by Crippen LogP contribution is 2.35. The van der Waals surface area contributed by atoms with Crippen molar-refractivity contribution in [3.63, 3.8) is 0 Å². The first-order chi connectivity index (χ1) is 32.8. The molecule has 352 valence electrons. The largest absolute Gasteiger partial charge is 0.494 e. The Labute approximate surface area is 398 Å². The molecule has 1 heterocycles. The number of unbranched alkanes of at least 4 members (excludes halogenated alkanes) is 14. The van der Waals surface area contributed by atoms with Crippen LogP contribution in [-0.2, 0) is 0 Å². The summed E-state index contributed by atoms with van der Waals surface area (Å²) in [6.45, 7) is 5.74. The fraction of sp³-hybridized carbons (Fsp3) is 0.357. The molecule has 0 saturated heterocycles. The minimum absolute atomic E-state index is 0.241. The van der Waals surface area contributed by atoms with Gasteiger partial charge in [0.1, 0.15) is 39.4 Å². The van der Waals surface area contributed by atoms with Gasteiger partial charge in [-0.3, -0.25) is 0 Å². The van der Waals surface area contributed by atoms with Crippen LogP contribution in [0.25, 0.3) is 10.1 Å². The van der Waals surface area contributed by atoms with Crippen LogP contribution in [0, 0.1) is 0 Å². The topological polar surface area (TPSA) is 124 Å². The molecule has 5 aromatic carbocycles. The first-order valence-corrected chi connectivity index (χ1v) is 24.7. The second-order valence-corrected chi connectivity index (χ2v) is 17.6. The zero-order chi connectivity index (χ0) is 47.1. The highest BCUT2D eigenvalue weighted by molar-refractivity contribution is 7.21. The van der Waals surface area contributed by atoms with Gasteiger partial charge >= 0.3 is 23.9 Å². The van der Waals surface area contributed by atoms with Gasteiger partial charge in [0, 0.05) is 0 Å². The maximum Gasteiger partial charge on any atom is 0.353 e. The molecule has 0 atom stereocenters. The first kappa shape index (κ1) is 50.0. The van der Waals surface area contributed by atoms with E-state index in [1.165, 1.54) is 126 Å². The summed E-state index contributed by atoms with van der Waals surface area (Å²) >= 11 is 1.13. The summed E-state index contributed by atoms with van der Waals surface area (Å²) in [5, 5.41) is 0.689. The van der Waals surface area contributed by atoms with Gasteiger partial charge in [0.15, 0.2) is 0 Å². The van der Waals surface area contributed by atoms with E-state index in [-0.39, 0.29) is 28.4 Å². The lowest BCUT2D eigenvalue weighted by atomic mass is 10.1. The van der Waals surface area contributed by atoms with Crippen molar-refractivity contribution in [3.05, 3.63) is 143 Å². The molecule has 0 spiro atoms. The van der Waals surface area contributed by atoms with Crippen LogP contribution >= 0.6 is 11.3 Å². The first-order valence-electron chi connectivity index (χ1n) is 23.9. The normalized spacial score (nSPS) is 11.0. The Hall–Kier alpha value is -6.46. The molecule has 0 aliphatic heterocycles. The van der Waals surface area contributed by atoms with Gasteiger partial charge in [-0.05, 0) is 127 Å². The summed E-state index contributed by atoms with van der Waals surface area (Å²) in [6.07, 6.45) is 19.7. The van der Waals surface area contributed by atoms with Crippen molar-refractivity contribution in [2.45, 2.75) is 117 Å². The SMILES string of the molecule is CCCCCCCCCCOc1ccc(OC(=O)c2ccc(OC(=O)c3cc4cccc(OC(=O)c5ccc(OC(=O)c6ccc(OCCCCCCCCCC)cc6)cc5)c4s3)cc2)cc1. The number of rotatable bonds is 28. The Morgan fingerprint density at radius 2 is 0.746 bits per heavy atom. The highest BCUT2D eigenvalue weighted by Gasteiger charge is 2.19. The van der Waals surface area contributed by atoms with Crippen molar-refractivity contribution >= 4 is 45.3 Å². The smallest absolute Gasteiger partial charge is 0.353 e. The van der Waals surface area contributed by atoms with E-state index in [4.69, 9.17) is 28.4 Å².